The Balaban J connectivity index is 3.34. The highest BCUT2D eigenvalue weighted by atomic mass is 16.3. The van der Waals surface area contributed by atoms with Crippen molar-refractivity contribution >= 4 is 0 Å². The summed E-state index contributed by atoms with van der Waals surface area (Å²) >= 11 is 0. The first-order chi connectivity index (χ1) is 7.76. The van der Waals surface area contributed by atoms with Gasteiger partial charge < -0.3 is 31.7 Å². The van der Waals surface area contributed by atoms with Crippen LogP contribution in [0.2, 0.25) is 0 Å². The van der Waals surface area contributed by atoms with Crippen LogP contribution in [-0.2, 0) is 0 Å². The topological polar surface area (TPSA) is 111 Å². The van der Waals surface area contributed by atoms with E-state index in [1.54, 1.807) is 0 Å². The van der Waals surface area contributed by atoms with Crippen LogP contribution < -0.4 is 16.4 Å². The van der Waals surface area contributed by atoms with Gasteiger partial charge >= 0.3 is 0 Å². The minimum absolute atomic E-state index is 0.178. The van der Waals surface area contributed by atoms with Gasteiger partial charge in [-0.1, -0.05) is 0 Å². The maximum absolute atomic E-state index is 9.29. The second-order valence-corrected chi connectivity index (χ2v) is 3.74. The van der Waals surface area contributed by atoms with Crippen molar-refractivity contribution in [3.8, 4) is 0 Å². The molecule has 0 amide bonds. The molecule has 2 unspecified atom stereocenters. The molecule has 0 aromatic carbocycles. The maximum atomic E-state index is 9.29. The van der Waals surface area contributed by atoms with Crippen molar-refractivity contribution in [3.63, 3.8) is 0 Å². The summed E-state index contributed by atoms with van der Waals surface area (Å²) in [6.07, 6.45) is 0.963. The number of nitrogens with two attached hydrogens (primary N) is 1. The van der Waals surface area contributed by atoms with Crippen LogP contribution in [0.4, 0.5) is 0 Å². The van der Waals surface area contributed by atoms with E-state index in [9.17, 15) is 5.11 Å². The number of hydrogen-bond donors (Lipinski definition) is 6. The lowest BCUT2D eigenvalue weighted by molar-refractivity contribution is 0.0417. The lowest BCUT2D eigenvalue weighted by atomic mass is 10.2. The second-order valence-electron chi connectivity index (χ2n) is 3.74. The van der Waals surface area contributed by atoms with E-state index < -0.39 is 12.1 Å². The van der Waals surface area contributed by atoms with Crippen molar-refractivity contribution in [1.29, 1.82) is 0 Å². The smallest absolute Gasteiger partial charge is 0.0945 e. The standard InChI is InChI=1S/C10H25N3O3/c11-3-1-4-12-5-2-6-13-9(7-14)10(16)8-15/h9-10,12-16H,1-8,11H2. The van der Waals surface area contributed by atoms with Gasteiger partial charge in [-0.05, 0) is 39.0 Å². The van der Waals surface area contributed by atoms with Crippen molar-refractivity contribution in [1.82, 2.24) is 10.6 Å². The molecular weight excluding hydrogens is 210 g/mol. The third-order valence-corrected chi connectivity index (χ3v) is 2.34. The molecule has 16 heavy (non-hydrogen) atoms. The third-order valence-electron chi connectivity index (χ3n) is 2.34. The zero-order valence-corrected chi connectivity index (χ0v) is 9.73. The molecule has 0 saturated heterocycles. The van der Waals surface area contributed by atoms with E-state index in [-0.39, 0.29) is 13.2 Å². The predicted molar refractivity (Wildman–Crippen MR) is 63.1 cm³/mol. The molecule has 0 aliphatic rings. The molecule has 98 valence electrons. The molecule has 0 spiro atoms. The summed E-state index contributed by atoms with van der Waals surface area (Å²) in [5.74, 6) is 0. The molecule has 7 N–H and O–H groups in total. The maximum Gasteiger partial charge on any atom is 0.0945 e. The van der Waals surface area contributed by atoms with Crippen LogP contribution in [0, 0.1) is 0 Å². The second kappa shape index (κ2) is 11.3. The van der Waals surface area contributed by atoms with Crippen LogP contribution >= 0.6 is 0 Å². The number of hydrogen-bond acceptors (Lipinski definition) is 6. The first-order valence-electron chi connectivity index (χ1n) is 5.80. The first kappa shape index (κ1) is 15.8. The van der Waals surface area contributed by atoms with Gasteiger partial charge in [-0.2, -0.15) is 0 Å². The van der Waals surface area contributed by atoms with E-state index >= 15 is 0 Å². The number of rotatable bonds is 11. The summed E-state index contributed by atoms with van der Waals surface area (Å²) in [5, 5.41) is 33.1. The molecule has 0 aromatic rings. The summed E-state index contributed by atoms with van der Waals surface area (Å²) < 4.78 is 0. The zero-order valence-electron chi connectivity index (χ0n) is 9.73. The Morgan fingerprint density at radius 1 is 1.00 bits per heavy atom. The van der Waals surface area contributed by atoms with Gasteiger partial charge in [0.1, 0.15) is 0 Å². The highest BCUT2D eigenvalue weighted by Gasteiger charge is 2.15. The minimum atomic E-state index is -0.907. The average molecular weight is 235 g/mol. The van der Waals surface area contributed by atoms with Gasteiger partial charge in [0.25, 0.3) is 0 Å². The van der Waals surface area contributed by atoms with Gasteiger partial charge in [0, 0.05) is 0 Å². The number of aliphatic hydroxyl groups is 3. The molecule has 0 aromatic heterocycles. The predicted octanol–water partition coefficient (Wildman–Crippen LogP) is -2.38. The van der Waals surface area contributed by atoms with Gasteiger partial charge in [0.2, 0.25) is 0 Å². The van der Waals surface area contributed by atoms with E-state index in [0.717, 1.165) is 25.9 Å². The van der Waals surface area contributed by atoms with Gasteiger partial charge in [0.05, 0.1) is 25.4 Å². The molecule has 0 bridgehead atoms. The van der Waals surface area contributed by atoms with Gasteiger partial charge in [-0.25, -0.2) is 0 Å². The first-order valence-corrected chi connectivity index (χ1v) is 5.80. The largest absolute Gasteiger partial charge is 0.395 e. The summed E-state index contributed by atoms with van der Waals surface area (Å²) in [4.78, 5) is 0. The molecule has 0 heterocycles. The Labute approximate surface area is 96.8 Å². The lowest BCUT2D eigenvalue weighted by Crippen LogP contribution is -2.45. The highest BCUT2D eigenvalue weighted by Crippen LogP contribution is 1.91. The van der Waals surface area contributed by atoms with Gasteiger partial charge in [-0.15, -0.1) is 0 Å². The fourth-order valence-electron chi connectivity index (χ4n) is 1.30. The fourth-order valence-corrected chi connectivity index (χ4v) is 1.30. The fraction of sp³-hybridized carbons (Fsp3) is 1.00. The van der Waals surface area contributed by atoms with Crippen LogP contribution in [-0.4, -0.2) is 66.9 Å². The summed E-state index contributed by atoms with van der Waals surface area (Å²) in [6, 6.07) is -0.450. The van der Waals surface area contributed by atoms with Crippen LogP contribution in [0.25, 0.3) is 0 Å². The van der Waals surface area contributed by atoms with Crippen LogP contribution in [0.5, 0.6) is 0 Å². The molecule has 0 aliphatic heterocycles. The SMILES string of the molecule is NCCCNCCCNC(CO)C(O)CO. The van der Waals surface area contributed by atoms with E-state index in [1.807, 2.05) is 0 Å². The van der Waals surface area contributed by atoms with Gasteiger partial charge in [-0.3, -0.25) is 0 Å². The van der Waals surface area contributed by atoms with Crippen LogP contribution in [0.3, 0.4) is 0 Å². The zero-order chi connectivity index (χ0) is 12.2. The molecule has 6 heteroatoms. The monoisotopic (exact) mass is 235 g/mol. The van der Waals surface area contributed by atoms with Crippen molar-refractivity contribution in [3.05, 3.63) is 0 Å². The number of nitrogens with one attached hydrogen (secondary N) is 2. The minimum Gasteiger partial charge on any atom is -0.395 e. The Kier molecular flexibility index (Phi) is 11.1. The summed E-state index contributed by atoms with van der Waals surface area (Å²) in [7, 11) is 0. The Bertz CT molecular complexity index is 149. The van der Waals surface area contributed by atoms with Crippen molar-refractivity contribution < 1.29 is 15.3 Å². The van der Waals surface area contributed by atoms with Crippen molar-refractivity contribution in [2.24, 2.45) is 5.73 Å². The Morgan fingerprint density at radius 2 is 1.69 bits per heavy atom. The molecule has 0 rings (SSSR count). The molecule has 6 nitrogen and oxygen atoms in total. The van der Waals surface area contributed by atoms with Crippen molar-refractivity contribution in [2.45, 2.75) is 25.0 Å². The average Bonchev–Trinajstić information content (AvgIpc) is 2.32. The van der Waals surface area contributed by atoms with E-state index in [2.05, 4.69) is 10.6 Å². The Morgan fingerprint density at radius 3 is 2.25 bits per heavy atom. The molecule has 0 radical (unpaired) electrons. The van der Waals surface area contributed by atoms with Crippen molar-refractivity contribution in [2.75, 3.05) is 39.4 Å². The summed E-state index contributed by atoms with van der Waals surface area (Å²) in [5.41, 5.74) is 5.34. The summed E-state index contributed by atoms with van der Waals surface area (Å²) in [6.45, 7) is 2.66. The van der Waals surface area contributed by atoms with Crippen LogP contribution in [0.15, 0.2) is 0 Å². The molecule has 2 atom stereocenters. The quantitative estimate of drug-likeness (QED) is 0.223. The van der Waals surface area contributed by atoms with Gasteiger partial charge in [0.15, 0.2) is 0 Å². The van der Waals surface area contributed by atoms with E-state index in [1.165, 1.54) is 0 Å². The third kappa shape index (κ3) is 7.98. The van der Waals surface area contributed by atoms with E-state index in [0.29, 0.717) is 13.1 Å². The van der Waals surface area contributed by atoms with E-state index in [4.69, 9.17) is 15.9 Å². The molecular formula is C10H25N3O3. The molecule has 0 fully saturated rings. The van der Waals surface area contributed by atoms with Crippen LogP contribution in [0.1, 0.15) is 12.8 Å². The highest BCUT2D eigenvalue weighted by molar-refractivity contribution is 4.74. The molecule has 0 saturated carbocycles. The lowest BCUT2D eigenvalue weighted by Gasteiger charge is -2.20. The Hall–Kier alpha value is -0.240. The normalized spacial score (nSPS) is 15.0. The molecule has 0 aliphatic carbocycles. The number of aliphatic hydroxyl groups excluding tert-OH is 3.